The molecule has 7 heteroatoms. The summed E-state index contributed by atoms with van der Waals surface area (Å²) in [5, 5.41) is 2.68. The summed E-state index contributed by atoms with van der Waals surface area (Å²) in [5.41, 5.74) is 1.73. The Labute approximate surface area is 179 Å². The molecule has 1 aliphatic rings. The molecule has 0 fully saturated rings. The Morgan fingerprint density at radius 2 is 1.74 bits per heavy atom. The van der Waals surface area contributed by atoms with E-state index in [9.17, 15) is 14.4 Å². The zero-order valence-electron chi connectivity index (χ0n) is 17.2. The van der Waals surface area contributed by atoms with Crippen molar-refractivity contribution in [3.8, 4) is 11.5 Å². The van der Waals surface area contributed by atoms with Crippen molar-refractivity contribution >= 4 is 17.4 Å². The topological polar surface area (TPSA) is 97.5 Å². The Morgan fingerprint density at radius 3 is 2.45 bits per heavy atom. The molecule has 4 rings (SSSR count). The minimum atomic E-state index is -0.598. The minimum absolute atomic E-state index is 0.0465. The van der Waals surface area contributed by atoms with Gasteiger partial charge in [0, 0.05) is 17.7 Å². The number of Topliss-reactive ketones (excluding diaryl/α,β-unsaturated/α-hetero) is 1. The Morgan fingerprint density at radius 1 is 1.00 bits per heavy atom. The van der Waals surface area contributed by atoms with Crippen molar-refractivity contribution in [2.24, 2.45) is 0 Å². The number of fused-ring (bicyclic) bond motifs is 1. The predicted octanol–water partition coefficient (Wildman–Crippen LogP) is 3.56. The number of amides is 1. The second-order valence-electron chi connectivity index (χ2n) is 7.36. The molecule has 0 unspecified atom stereocenters. The third-order valence-corrected chi connectivity index (χ3v) is 5.49. The Bertz CT molecular complexity index is 1200. The number of para-hydroxylation sites is 2. The van der Waals surface area contributed by atoms with Crippen molar-refractivity contribution in [3.05, 3.63) is 87.3 Å². The van der Waals surface area contributed by atoms with Crippen LogP contribution >= 0.6 is 0 Å². The van der Waals surface area contributed by atoms with E-state index in [1.165, 1.54) is 13.2 Å². The number of aromatic amines is 1. The minimum Gasteiger partial charge on any atom is -0.497 e. The van der Waals surface area contributed by atoms with Crippen LogP contribution in [-0.2, 0) is 6.42 Å². The number of ether oxygens (including phenoxy) is 2. The summed E-state index contributed by atoms with van der Waals surface area (Å²) in [7, 11) is 3.09. The largest absolute Gasteiger partial charge is 0.497 e. The Balaban J connectivity index is 1.60. The standard InChI is InChI=1S/C24H22N2O5/c1-30-16-9-7-14(8-10-16)15-11-20-17(21(27)12-15)13-18(24(29)26-20)23(28)25-19-5-3-4-6-22(19)31-2/h3-10,13,15H,11-12H2,1-2H3,(H,25,28)(H,26,29)/t15-/m1/s1. The summed E-state index contributed by atoms with van der Waals surface area (Å²) in [4.78, 5) is 41.0. The van der Waals surface area contributed by atoms with Crippen LogP contribution in [0.2, 0.25) is 0 Å². The average molecular weight is 418 g/mol. The lowest BCUT2D eigenvalue weighted by atomic mass is 9.81. The molecule has 0 saturated heterocycles. The molecule has 1 heterocycles. The molecule has 1 atom stereocenters. The van der Waals surface area contributed by atoms with E-state index in [0.717, 1.165) is 11.3 Å². The summed E-state index contributed by atoms with van der Waals surface area (Å²) in [6.07, 6.45) is 0.815. The number of pyridine rings is 1. The summed E-state index contributed by atoms with van der Waals surface area (Å²) in [6, 6.07) is 15.8. The molecular weight excluding hydrogens is 396 g/mol. The molecule has 1 amide bonds. The fourth-order valence-corrected chi connectivity index (χ4v) is 3.85. The van der Waals surface area contributed by atoms with Crippen LogP contribution in [0.25, 0.3) is 0 Å². The van der Waals surface area contributed by atoms with Gasteiger partial charge >= 0.3 is 0 Å². The first-order chi connectivity index (χ1) is 15.0. The molecule has 2 N–H and O–H groups in total. The highest BCUT2D eigenvalue weighted by atomic mass is 16.5. The summed E-state index contributed by atoms with van der Waals surface area (Å²) >= 11 is 0. The normalized spacial score (nSPS) is 15.2. The van der Waals surface area contributed by atoms with Crippen LogP contribution in [0.1, 0.15) is 44.3 Å². The first-order valence-electron chi connectivity index (χ1n) is 9.88. The van der Waals surface area contributed by atoms with Crippen LogP contribution in [0.4, 0.5) is 5.69 Å². The molecule has 31 heavy (non-hydrogen) atoms. The number of aromatic nitrogens is 1. The van der Waals surface area contributed by atoms with Crippen molar-refractivity contribution in [2.45, 2.75) is 18.8 Å². The van der Waals surface area contributed by atoms with Gasteiger partial charge in [-0.3, -0.25) is 14.4 Å². The highest BCUT2D eigenvalue weighted by Crippen LogP contribution is 2.32. The van der Waals surface area contributed by atoms with Gasteiger partial charge in [0.15, 0.2) is 5.78 Å². The van der Waals surface area contributed by atoms with Gasteiger partial charge < -0.3 is 19.8 Å². The second-order valence-corrected chi connectivity index (χ2v) is 7.36. The number of benzene rings is 2. The van der Waals surface area contributed by atoms with Crippen LogP contribution in [0.5, 0.6) is 11.5 Å². The van der Waals surface area contributed by atoms with Crippen molar-refractivity contribution < 1.29 is 19.1 Å². The first kappa shape index (κ1) is 20.4. The smallest absolute Gasteiger partial charge is 0.261 e. The monoisotopic (exact) mass is 418 g/mol. The van der Waals surface area contributed by atoms with E-state index in [1.54, 1.807) is 31.4 Å². The SMILES string of the molecule is COc1ccc([C@H]2CC(=O)c3cc(C(=O)Nc4ccccc4OC)c(=O)[nH]c3C2)cc1. The van der Waals surface area contributed by atoms with Crippen molar-refractivity contribution in [1.82, 2.24) is 4.98 Å². The average Bonchev–Trinajstić information content (AvgIpc) is 2.79. The van der Waals surface area contributed by atoms with Crippen molar-refractivity contribution in [1.29, 1.82) is 0 Å². The van der Waals surface area contributed by atoms with Crippen LogP contribution < -0.4 is 20.3 Å². The lowest BCUT2D eigenvalue weighted by Gasteiger charge is -2.24. The molecule has 3 aromatic rings. The van der Waals surface area contributed by atoms with E-state index in [-0.39, 0.29) is 17.3 Å². The van der Waals surface area contributed by atoms with E-state index in [1.807, 2.05) is 24.3 Å². The summed E-state index contributed by atoms with van der Waals surface area (Å²) in [6.45, 7) is 0. The third kappa shape index (κ3) is 4.07. The molecule has 2 aromatic carbocycles. The molecule has 158 valence electrons. The number of hydrogen-bond donors (Lipinski definition) is 2. The zero-order chi connectivity index (χ0) is 22.0. The van der Waals surface area contributed by atoms with Crippen LogP contribution in [0.15, 0.2) is 59.4 Å². The van der Waals surface area contributed by atoms with Crippen LogP contribution in [-0.4, -0.2) is 30.9 Å². The quantitative estimate of drug-likeness (QED) is 0.660. The van der Waals surface area contributed by atoms with Gasteiger partial charge in [-0.2, -0.15) is 0 Å². The lowest BCUT2D eigenvalue weighted by Crippen LogP contribution is -2.29. The lowest BCUT2D eigenvalue weighted by molar-refractivity contribution is 0.0963. The van der Waals surface area contributed by atoms with Gasteiger partial charge in [0.25, 0.3) is 11.5 Å². The molecule has 0 radical (unpaired) electrons. The Hall–Kier alpha value is -3.87. The molecule has 0 bridgehead atoms. The zero-order valence-corrected chi connectivity index (χ0v) is 17.2. The van der Waals surface area contributed by atoms with Gasteiger partial charge in [-0.15, -0.1) is 0 Å². The summed E-state index contributed by atoms with van der Waals surface area (Å²) in [5.74, 6) is 0.465. The first-order valence-corrected chi connectivity index (χ1v) is 9.88. The molecule has 1 aromatic heterocycles. The highest BCUT2D eigenvalue weighted by Gasteiger charge is 2.29. The van der Waals surface area contributed by atoms with E-state index in [4.69, 9.17) is 9.47 Å². The maximum absolute atomic E-state index is 12.8. The van der Waals surface area contributed by atoms with E-state index in [0.29, 0.717) is 35.5 Å². The van der Waals surface area contributed by atoms with Gasteiger partial charge in [0.1, 0.15) is 17.1 Å². The number of rotatable bonds is 5. The van der Waals surface area contributed by atoms with E-state index in [2.05, 4.69) is 10.3 Å². The van der Waals surface area contributed by atoms with E-state index < -0.39 is 11.5 Å². The number of ketones is 1. The highest BCUT2D eigenvalue weighted by molar-refractivity contribution is 6.07. The summed E-state index contributed by atoms with van der Waals surface area (Å²) < 4.78 is 10.4. The number of carbonyl (C=O) groups is 2. The number of anilines is 1. The number of H-pyrrole nitrogens is 1. The fourth-order valence-electron chi connectivity index (χ4n) is 3.85. The Kier molecular flexibility index (Phi) is 5.58. The number of carbonyl (C=O) groups excluding carboxylic acids is 2. The molecular formula is C24H22N2O5. The van der Waals surface area contributed by atoms with Gasteiger partial charge in [0.05, 0.1) is 19.9 Å². The maximum Gasteiger partial charge on any atom is 0.261 e. The van der Waals surface area contributed by atoms with Crippen molar-refractivity contribution in [3.63, 3.8) is 0 Å². The third-order valence-electron chi connectivity index (χ3n) is 5.49. The fraction of sp³-hybridized carbons (Fsp3) is 0.208. The van der Waals surface area contributed by atoms with E-state index >= 15 is 0 Å². The number of methoxy groups -OCH3 is 2. The predicted molar refractivity (Wildman–Crippen MR) is 116 cm³/mol. The molecule has 1 aliphatic carbocycles. The second kappa shape index (κ2) is 8.47. The number of hydrogen-bond acceptors (Lipinski definition) is 5. The van der Waals surface area contributed by atoms with Gasteiger partial charge in [-0.05, 0) is 48.2 Å². The van der Waals surface area contributed by atoms with Crippen molar-refractivity contribution in [2.75, 3.05) is 19.5 Å². The maximum atomic E-state index is 12.8. The van der Waals surface area contributed by atoms with Crippen LogP contribution in [0.3, 0.4) is 0 Å². The molecule has 0 spiro atoms. The van der Waals surface area contributed by atoms with Gasteiger partial charge in [0.2, 0.25) is 0 Å². The molecule has 0 saturated carbocycles. The van der Waals surface area contributed by atoms with Gasteiger partial charge in [-0.25, -0.2) is 0 Å². The van der Waals surface area contributed by atoms with Crippen LogP contribution in [0, 0.1) is 0 Å². The molecule has 0 aliphatic heterocycles. The van der Waals surface area contributed by atoms with Gasteiger partial charge in [-0.1, -0.05) is 24.3 Å². The molecule has 7 nitrogen and oxygen atoms in total. The number of nitrogens with one attached hydrogen (secondary N) is 2.